The van der Waals surface area contributed by atoms with Crippen LogP contribution in [0.5, 0.6) is 0 Å². The maximum absolute atomic E-state index is 12.6. The molecule has 0 bridgehead atoms. The largest absolute Gasteiger partial charge is 0.391 e. The molecular formula is C15H24F3N. The van der Waals surface area contributed by atoms with Crippen molar-refractivity contribution >= 4 is 0 Å². The Labute approximate surface area is 113 Å². The molecule has 0 aliphatic heterocycles. The molecule has 0 radical (unpaired) electrons. The van der Waals surface area contributed by atoms with Gasteiger partial charge in [-0.25, -0.2) is 0 Å². The summed E-state index contributed by atoms with van der Waals surface area (Å²) < 4.78 is 37.9. The van der Waals surface area contributed by atoms with Crippen molar-refractivity contribution < 1.29 is 13.2 Å². The topological polar surface area (TPSA) is 26.0 Å². The van der Waals surface area contributed by atoms with Gasteiger partial charge in [-0.15, -0.1) is 0 Å². The summed E-state index contributed by atoms with van der Waals surface area (Å²) in [5.41, 5.74) is 7.60. The molecule has 0 amide bonds. The fourth-order valence-electron chi connectivity index (χ4n) is 3.45. The zero-order valence-corrected chi connectivity index (χ0v) is 11.4. The molecule has 0 aromatic carbocycles. The van der Waals surface area contributed by atoms with Gasteiger partial charge in [-0.3, -0.25) is 0 Å². The molecule has 2 aliphatic carbocycles. The fraction of sp³-hybridized carbons (Fsp3) is 0.867. The third-order valence-corrected chi connectivity index (χ3v) is 4.75. The number of hydrogen-bond donors (Lipinski definition) is 1. The molecule has 2 N–H and O–H groups in total. The monoisotopic (exact) mass is 275 g/mol. The average molecular weight is 275 g/mol. The van der Waals surface area contributed by atoms with Gasteiger partial charge in [0, 0.05) is 6.04 Å². The van der Waals surface area contributed by atoms with Crippen molar-refractivity contribution in [3.8, 4) is 0 Å². The van der Waals surface area contributed by atoms with Crippen molar-refractivity contribution in [3.05, 3.63) is 11.6 Å². The molecular weight excluding hydrogens is 251 g/mol. The smallest absolute Gasteiger partial charge is 0.324 e. The zero-order chi connectivity index (χ0) is 13.9. The van der Waals surface area contributed by atoms with E-state index in [1.54, 1.807) is 0 Å². The van der Waals surface area contributed by atoms with E-state index in [4.69, 9.17) is 5.73 Å². The first-order chi connectivity index (χ1) is 8.98. The van der Waals surface area contributed by atoms with E-state index in [0.29, 0.717) is 12.8 Å². The van der Waals surface area contributed by atoms with E-state index in [1.165, 1.54) is 24.8 Å². The lowest BCUT2D eigenvalue weighted by atomic mass is 9.76. The van der Waals surface area contributed by atoms with E-state index < -0.39 is 12.1 Å². The highest BCUT2D eigenvalue weighted by molar-refractivity contribution is 5.13. The molecule has 0 spiro atoms. The molecule has 1 unspecified atom stereocenters. The second kappa shape index (κ2) is 6.29. The van der Waals surface area contributed by atoms with Gasteiger partial charge >= 0.3 is 6.18 Å². The first-order valence-corrected chi connectivity index (χ1v) is 7.49. The second-order valence-corrected chi connectivity index (χ2v) is 6.06. The third-order valence-electron chi connectivity index (χ3n) is 4.75. The van der Waals surface area contributed by atoms with E-state index in [0.717, 1.165) is 12.8 Å². The Morgan fingerprint density at radius 1 is 1.05 bits per heavy atom. The quantitative estimate of drug-likeness (QED) is 0.734. The first kappa shape index (κ1) is 14.9. The molecule has 0 saturated heterocycles. The van der Waals surface area contributed by atoms with E-state index in [1.807, 2.05) is 0 Å². The van der Waals surface area contributed by atoms with Gasteiger partial charge in [0.1, 0.15) is 0 Å². The van der Waals surface area contributed by atoms with Crippen LogP contribution in [0.1, 0.15) is 57.8 Å². The summed E-state index contributed by atoms with van der Waals surface area (Å²) >= 11 is 0. The minimum absolute atomic E-state index is 0.00714. The molecule has 1 atom stereocenters. The van der Waals surface area contributed by atoms with Gasteiger partial charge in [-0.2, -0.15) is 13.2 Å². The standard InChI is InChI=1S/C15H24F3N/c16-15(17,18)13-9-7-12(8-10-13)14(19)11-5-3-1-2-4-6-11/h5,12-14H,1-4,6-10,19H2. The third kappa shape index (κ3) is 3.98. The highest BCUT2D eigenvalue weighted by atomic mass is 19.4. The molecule has 1 fully saturated rings. The van der Waals surface area contributed by atoms with Crippen molar-refractivity contribution in [2.45, 2.75) is 70.0 Å². The van der Waals surface area contributed by atoms with Crippen LogP contribution in [0.4, 0.5) is 13.2 Å². The van der Waals surface area contributed by atoms with Crippen molar-refractivity contribution in [1.29, 1.82) is 0 Å². The Morgan fingerprint density at radius 3 is 2.37 bits per heavy atom. The molecule has 19 heavy (non-hydrogen) atoms. The predicted molar refractivity (Wildman–Crippen MR) is 70.6 cm³/mol. The summed E-state index contributed by atoms with van der Waals surface area (Å²) in [4.78, 5) is 0. The lowest BCUT2D eigenvalue weighted by Crippen LogP contribution is -2.37. The lowest BCUT2D eigenvalue weighted by Gasteiger charge is -2.34. The molecule has 0 aromatic rings. The van der Waals surface area contributed by atoms with Crippen LogP contribution < -0.4 is 5.73 Å². The summed E-state index contributed by atoms with van der Waals surface area (Å²) in [6.07, 6.45) is 5.77. The molecule has 110 valence electrons. The molecule has 4 heteroatoms. The van der Waals surface area contributed by atoms with Crippen LogP contribution in [0, 0.1) is 11.8 Å². The number of rotatable bonds is 2. The Kier molecular flexibility index (Phi) is 4.93. The molecule has 0 heterocycles. The minimum Gasteiger partial charge on any atom is -0.324 e. The van der Waals surface area contributed by atoms with Gasteiger partial charge in [-0.05, 0) is 57.3 Å². The summed E-state index contributed by atoms with van der Waals surface area (Å²) in [5, 5.41) is 0. The zero-order valence-electron chi connectivity index (χ0n) is 11.4. The summed E-state index contributed by atoms with van der Waals surface area (Å²) in [6, 6.07) is -0.00714. The normalized spacial score (nSPS) is 31.5. The van der Waals surface area contributed by atoms with Gasteiger partial charge in [0.15, 0.2) is 0 Å². The van der Waals surface area contributed by atoms with E-state index in [-0.39, 0.29) is 24.8 Å². The number of allylic oxidation sites excluding steroid dienone is 1. The second-order valence-electron chi connectivity index (χ2n) is 6.06. The fourth-order valence-corrected chi connectivity index (χ4v) is 3.45. The van der Waals surface area contributed by atoms with Crippen LogP contribution >= 0.6 is 0 Å². The number of nitrogens with two attached hydrogens (primary N) is 1. The van der Waals surface area contributed by atoms with Crippen molar-refractivity contribution in [3.63, 3.8) is 0 Å². The average Bonchev–Trinajstić information content (AvgIpc) is 2.66. The van der Waals surface area contributed by atoms with Gasteiger partial charge in [0.05, 0.1) is 5.92 Å². The van der Waals surface area contributed by atoms with Gasteiger partial charge in [0.2, 0.25) is 0 Å². The predicted octanol–water partition coefficient (Wildman–Crippen LogP) is 4.57. The van der Waals surface area contributed by atoms with Gasteiger partial charge in [0.25, 0.3) is 0 Å². The number of halogens is 3. The van der Waals surface area contributed by atoms with E-state index >= 15 is 0 Å². The van der Waals surface area contributed by atoms with Gasteiger partial charge in [-0.1, -0.05) is 18.1 Å². The van der Waals surface area contributed by atoms with Crippen LogP contribution in [0.25, 0.3) is 0 Å². The minimum atomic E-state index is -4.02. The summed E-state index contributed by atoms with van der Waals surface area (Å²) in [5.74, 6) is -0.845. The summed E-state index contributed by atoms with van der Waals surface area (Å²) in [6.45, 7) is 0. The Hall–Kier alpha value is -0.510. The number of alkyl halides is 3. The van der Waals surface area contributed by atoms with Crippen LogP contribution in [0.2, 0.25) is 0 Å². The maximum Gasteiger partial charge on any atom is 0.391 e. The molecule has 2 rings (SSSR count). The highest BCUT2D eigenvalue weighted by Crippen LogP contribution is 2.41. The molecule has 2 aliphatic rings. The highest BCUT2D eigenvalue weighted by Gasteiger charge is 2.42. The van der Waals surface area contributed by atoms with Crippen molar-refractivity contribution in [1.82, 2.24) is 0 Å². The molecule has 1 nitrogen and oxygen atoms in total. The number of hydrogen-bond acceptors (Lipinski definition) is 1. The Morgan fingerprint density at radius 2 is 1.74 bits per heavy atom. The van der Waals surface area contributed by atoms with Crippen LogP contribution in [-0.4, -0.2) is 12.2 Å². The SMILES string of the molecule is NC(C1=CCCCCC1)C1CCC(C(F)(F)F)CC1. The van der Waals surface area contributed by atoms with Crippen molar-refractivity contribution in [2.75, 3.05) is 0 Å². The Bertz CT molecular complexity index is 314. The first-order valence-electron chi connectivity index (χ1n) is 7.49. The molecule has 1 saturated carbocycles. The van der Waals surface area contributed by atoms with Crippen LogP contribution in [0.15, 0.2) is 11.6 Å². The summed E-state index contributed by atoms with van der Waals surface area (Å²) in [7, 11) is 0. The molecule has 0 aromatic heterocycles. The van der Waals surface area contributed by atoms with Crippen molar-refractivity contribution in [2.24, 2.45) is 17.6 Å². The van der Waals surface area contributed by atoms with E-state index in [2.05, 4.69) is 6.08 Å². The van der Waals surface area contributed by atoms with Crippen LogP contribution in [0.3, 0.4) is 0 Å². The van der Waals surface area contributed by atoms with E-state index in [9.17, 15) is 13.2 Å². The lowest BCUT2D eigenvalue weighted by molar-refractivity contribution is -0.184. The Balaban J connectivity index is 1.88. The maximum atomic E-state index is 12.6. The van der Waals surface area contributed by atoms with Crippen LogP contribution in [-0.2, 0) is 0 Å². The van der Waals surface area contributed by atoms with Gasteiger partial charge < -0.3 is 5.73 Å².